The summed E-state index contributed by atoms with van der Waals surface area (Å²) >= 11 is 0. The van der Waals surface area contributed by atoms with Crippen molar-refractivity contribution in [3.63, 3.8) is 0 Å². The molecule has 0 saturated heterocycles. The number of aliphatic imine (C=N–C) groups is 2. The van der Waals surface area contributed by atoms with Gasteiger partial charge in [0.1, 0.15) is 0 Å². The molecule has 0 aromatic heterocycles. The van der Waals surface area contributed by atoms with Crippen LogP contribution in [-0.2, 0) is 0 Å². The third kappa shape index (κ3) is 2.80. The lowest BCUT2D eigenvalue weighted by Crippen LogP contribution is -1.85. The van der Waals surface area contributed by atoms with Gasteiger partial charge in [0, 0.05) is 18.7 Å². The fourth-order valence-electron chi connectivity index (χ4n) is 0.813. The van der Waals surface area contributed by atoms with Crippen molar-refractivity contribution < 1.29 is 4.92 Å². The summed E-state index contributed by atoms with van der Waals surface area (Å²) < 4.78 is 0. The van der Waals surface area contributed by atoms with Crippen molar-refractivity contribution in [3.8, 4) is 0 Å². The van der Waals surface area contributed by atoms with Gasteiger partial charge in [0.05, 0.1) is 16.6 Å². The van der Waals surface area contributed by atoms with Gasteiger partial charge in [-0.15, -0.1) is 0 Å². The lowest BCUT2D eigenvalue weighted by atomic mass is 10.3. The highest BCUT2D eigenvalue weighted by Gasteiger charge is 2.02. The summed E-state index contributed by atoms with van der Waals surface area (Å²) in [5.41, 5.74) is 0.657. The molecule has 0 aliphatic heterocycles. The van der Waals surface area contributed by atoms with Gasteiger partial charge >= 0.3 is 0 Å². The first-order chi connectivity index (χ1) is 6.74. The molecule has 5 nitrogen and oxygen atoms in total. The lowest BCUT2D eigenvalue weighted by molar-refractivity contribution is -0.384. The molecule has 0 unspecified atom stereocenters. The Morgan fingerprint density at radius 3 is 2.57 bits per heavy atom. The van der Waals surface area contributed by atoms with E-state index in [-0.39, 0.29) is 5.69 Å². The quantitative estimate of drug-likeness (QED) is 0.418. The Hall–Kier alpha value is -2.00. The van der Waals surface area contributed by atoms with Crippen molar-refractivity contribution in [2.24, 2.45) is 9.98 Å². The number of rotatable bonds is 3. The van der Waals surface area contributed by atoms with E-state index < -0.39 is 4.92 Å². The van der Waals surface area contributed by atoms with Crippen molar-refractivity contribution in [1.29, 1.82) is 0 Å². The molecule has 0 aliphatic rings. The molecule has 0 bridgehead atoms. The molecule has 1 aromatic rings. The van der Waals surface area contributed by atoms with E-state index in [1.807, 2.05) is 6.92 Å². The Bertz CT molecular complexity index is 378. The van der Waals surface area contributed by atoms with Gasteiger partial charge in [0.2, 0.25) is 0 Å². The van der Waals surface area contributed by atoms with Crippen LogP contribution in [0.2, 0.25) is 0 Å². The molecule has 0 aliphatic carbocycles. The fourth-order valence-corrected chi connectivity index (χ4v) is 0.813. The van der Waals surface area contributed by atoms with Gasteiger partial charge in [0.15, 0.2) is 0 Å². The smallest absolute Gasteiger partial charge is 0.258 e. The zero-order valence-electron chi connectivity index (χ0n) is 7.67. The number of benzene rings is 1. The summed E-state index contributed by atoms with van der Waals surface area (Å²) in [4.78, 5) is 17.5. The zero-order valence-corrected chi connectivity index (χ0v) is 7.67. The minimum absolute atomic E-state index is 0.0522. The minimum Gasteiger partial charge on any atom is -0.258 e. The van der Waals surface area contributed by atoms with Gasteiger partial charge in [-0.1, -0.05) is 0 Å². The second-order valence-corrected chi connectivity index (χ2v) is 2.46. The largest absolute Gasteiger partial charge is 0.269 e. The monoisotopic (exact) mass is 191 g/mol. The Balaban J connectivity index is 2.84. The normalized spacial score (nSPS) is 8.93. The zero-order chi connectivity index (χ0) is 10.4. The average Bonchev–Trinajstić information content (AvgIpc) is 2.19. The first kappa shape index (κ1) is 10.1. The van der Waals surface area contributed by atoms with E-state index in [0.29, 0.717) is 12.2 Å². The van der Waals surface area contributed by atoms with Gasteiger partial charge in [0.25, 0.3) is 5.69 Å². The molecule has 1 rings (SSSR count). The van der Waals surface area contributed by atoms with Gasteiger partial charge < -0.3 is 0 Å². The highest BCUT2D eigenvalue weighted by molar-refractivity contribution is 5.54. The van der Waals surface area contributed by atoms with Crippen LogP contribution in [0, 0.1) is 10.1 Å². The van der Waals surface area contributed by atoms with E-state index in [1.54, 1.807) is 12.1 Å². The first-order valence-corrected chi connectivity index (χ1v) is 4.10. The number of non-ortho nitro benzene ring substituents is 1. The molecule has 0 heterocycles. The van der Waals surface area contributed by atoms with Gasteiger partial charge in [-0.25, -0.2) is 4.99 Å². The molecular weight excluding hydrogens is 182 g/mol. The average molecular weight is 191 g/mol. The van der Waals surface area contributed by atoms with E-state index >= 15 is 0 Å². The predicted molar refractivity (Wildman–Crippen MR) is 53.2 cm³/mol. The Kier molecular flexibility index (Phi) is 3.52. The first-order valence-electron chi connectivity index (χ1n) is 4.10. The summed E-state index contributed by atoms with van der Waals surface area (Å²) in [6, 6.07) is 8.37. The fraction of sp³-hybridized carbons (Fsp3) is 0.222. The summed E-state index contributed by atoms with van der Waals surface area (Å²) in [6.07, 6.45) is 0. The molecule has 1 aromatic carbocycles. The van der Waals surface area contributed by atoms with Crippen LogP contribution in [0.3, 0.4) is 0 Å². The van der Waals surface area contributed by atoms with Crippen molar-refractivity contribution in [2.75, 3.05) is 6.54 Å². The van der Waals surface area contributed by atoms with Crippen molar-refractivity contribution in [1.82, 2.24) is 0 Å². The second kappa shape index (κ2) is 4.89. The van der Waals surface area contributed by atoms with Crippen LogP contribution in [0.4, 0.5) is 11.4 Å². The van der Waals surface area contributed by atoms with Crippen molar-refractivity contribution in [2.45, 2.75) is 6.92 Å². The van der Waals surface area contributed by atoms with Crippen molar-refractivity contribution in [3.05, 3.63) is 34.4 Å². The summed E-state index contributed by atoms with van der Waals surface area (Å²) in [7, 11) is 0. The molecule has 5 heteroatoms. The molecule has 0 fully saturated rings. The van der Waals surface area contributed by atoms with E-state index in [4.69, 9.17) is 0 Å². The third-order valence-corrected chi connectivity index (χ3v) is 1.47. The Morgan fingerprint density at radius 2 is 2.07 bits per heavy atom. The maximum atomic E-state index is 10.3. The number of nitrogens with zero attached hydrogens (tertiary/aromatic N) is 3. The van der Waals surface area contributed by atoms with Crippen LogP contribution < -0.4 is 0 Å². The lowest BCUT2D eigenvalue weighted by Gasteiger charge is -1.90. The van der Waals surface area contributed by atoms with Crippen LogP contribution in [0.25, 0.3) is 0 Å². The van der Waals surface area contributed by atoms with E-state index in [2.05, 4.69) is 16.0 Å². The molecular formula is C9H9N3O2. The number of nitro groups is 1. The molecule has 14 heavy (non-hydrogen) atoms. The predicted octanol–water partition coefficient (Wildman–Crippen LogP) is 2.42. The molecule has 0 spiro atoms. The highest BCUT2D eigenvalue weighted by atomic mass is 16.6. The number of nitro benzene ring substituents is 1. The standard InChI is InChI=1S/C9H9N3O2/c1-2-10-7-11-8-3-5-9(6-4-8)12(13)14/h3-6H,2H2,1H3. The number of hydrogen-bond acceptors (Lipinski definition) is 4. The molecule has 0 radical (unpaired) electrons. The van der Waals surface area contributed by atoms with E-state index in [1.165, 1.54) is 12.1 Å². The molecule has 0 amide bonds. The van der Waals surface area contributed by atoms with E-state index in [9.17, 15) is 10.1 Å². The maximum Gasteiger partial charge on any atom is 0.269 e. The van der Waals surface area contributed by atoms with Crippen LogP contribution in [0.15, 0.2) is 34.3 Å². The SMILES string of the molecule is CCN=C=Nc1ccc([N+](=O)[O-])cc1. The summed E-state index contributed by atoms with van der Waals surface area (Å²) in [6.45, 7) is 2.49. The number of hydrogen-bond donors (Lipinski definition) is 0. The second-order valence-electron chi connectivity index (χ2n) is 2.46. The van der Waals surface area contributed by atoms with Gasteiger partial charge in [-0.2, -0.15) is 4.99 Å². The third-order valence-electron chi connectivity index (χ3n) is 1.47. The van der Waals surface area contributed by atoms with Crippen LogP contribution in [-0.4, -0.2) is 17.5 Å². The highest BCUT2D eigenvalue weighted by Crippen LogP contribution is 2.16. The van der Waals surface area contributed by atoms with Crippen LogP contribution >= 0.6 is 0 Å². The minimum atomic E-state index is -0.451. The van der Waals surface area contributed by atoms with Gasteiger partial charge in [-0.3, -0.25) is 10.1 Å². The topological polar surface area (TPSA) is 67.9 Å². The van der Waals surface area contributed by atoms with E-state index in [0.717, 1.165) is 0 Å². The Morgan fingerprint density at radius 1 is 1.43 bits per heavy atom. The summed E-state index contributed by atoms with van der Waals surface area (Å²) in [5.74, 6) is 0. The van der Waals surface area contributed by atoms with Crippen molar-refractivity contribution >= 4 is 17.4 Å². The molecule has 0 saturated carbocycles. The molecule has 0 atom stereocenters. The van der Waals surface area contributed by atoms with Gasteiger partial charge in [-0.05, 0) is 19.1 Å². The van der Waals surface area contributed by atoms with Crippen LogP contribution in [0.5, 0.6) is 0 Å². The Labute approximate surface area is 81.0 Å². The summed E-state index contributed by atoms with van der Waals surface area (Å²) in [5, 5.41) is 10.3. The molecule has 72 valence electrons. The molecule has 0 N–H and O–H groups in total. The van der Waals surface area contributed by atoms with Crippen LogP contribution in [0.1, 0.15) is 6.92 Å². The maximum absolute atomic E-state index is 10.3.